The smallest absolute Gasteiger partial charge is 0.0280 e. The van der Waals surface area contributed by atoms with Gasteiger partial charge in [0.05, 0.1) is 0 Å². The van der Waals surface area contributed by atoms with Crippen LogP contribution in [0.2, 0.25) is 0 Å². The van der Waals surface area contributed by atoms with Gasteiger partial charge in [-0.3, -0.25) is 0 Å². The monoisotopic (exact) mass is 193 g/mol. The molecule has 1 aromatic rings. The van der Waals surface area contributed by atoms with Crippen molar-refractivity contribution < 1.29 is 0 Å². The van der Waals surface area contributed by atoms with E-state index in [1.54, 1.807) is 11.3 Å². The average Bonchev–Trinajstić information content (AvgIpc) is 2.74. The van der Waals surface area contributed by atoms with Crippen LogP contribution >= 0.6 is 11.3 Å². The van der Waals surface area contributed by atoms with Crippen LogP contribution in [-0.2, 0) is 0 Å². The lowest BCUT2D eigenvalue weighted by Gasteiger charge is -2.09. The topological polar surface area (TPSA) is 12.0 Å². The van der Waals surface area contributed by atoms with Crippen LogP contribution in [-0.4, -0.2) is 12.6 Å². The minimum absolute atomic E-state index is 0.625. The summed E-state index contributed by atoms with van der Waals surface area (Å²) < 4.78 is 0. The van der Waals surface area contributed by atoms with Gasteiger partial charge in [0.1, 0.15) is 0 Å². The van der Waals surface area contributed by atoms with Crippen molar-refractivity contribution >= 4 is 17.4 Å². The molecule has 0 aromatic carbocycles. The second-order valence-corrected chi connectivity index (χ2v) is 4.37. The van der Waals surface area contributed by atoms with Gasteiger partial charge in [-0.2, -0.15) is 11.3 Å². The Bertz CT molecular complexity index is 281. The lowest BCUT2D eigenvalue weighted by atomic mass is 10.1. The van der Waals surface area contributed by atoms with Crippen molar-refractivity contribution in [2.45, 2.75) is 25.8 Å². The molecule has 1 nitrogen and oxygen atoms in total. The van der Waals surface area contributed by atoms with Crippen LogP contribution in [0.15, 0.2) is 22.4 Å². The molecule has 0 aliphatic carbocycles. The number of hydrogen-bond donors (Lipinski definition) is 1. The second kappa shape index (κ2) is 4.07. The number of rotatable bonds is 2. The summed E-state index contributed by atoms with van der Waals surface area (Å²) in [6.45, 7) is 3.40. The van der Waals surface area contributed by atoms with E-state index in [2.05, 4.69) is 35.1 Å². The Kier molecular flexibility index (Phi) is 2.81. The van der Waals surface area contributed by atoms with E-state index in [4.69, 9.17) is 0 Å². The van der Waals surface area contributed by atoms with Gasteiger partial charge in [-0.15, -0.1) is 0 Å². The molecule has 1 unspecified atom stereocenters. The summed E-state index contributed by atoms with van der Waals surface area (Å²) in [4.78, 5) is 0. The summed E-state index contributed by atoms with van der Waals surface area (Å²) in [6.07, 6.45) is 4.91. The van der Waals surface area contributed by atoms with E-state index in [9.17, 15) is 0 Å². The van der Waals surface area contributed by atoms with E-state index < -0.39 is 0 Å². The highest BCUT2D eigenvalue weighted by Gasteiger charge is 2.14. The predicted octanol–water partition coefficient (Wildman–Crippen LogP) is 2.90. The normalized spacial score (nSPS) is 23.8. The molecule has 0 saturated carbocycles. The van der Waals surface area contributed by atoms with Gasteiger partial charge < -0.3 is 5.32 Å². The highest BCUT2D eigenvalue weighted by molar-refractivity contribution is 7.08. The Morgan fingerprint density at radius 1 is 1.69 bits per heavy atom. The summed E-state index contributed by atoms with van der Waals surface area (Å²) in [6, 6.07) is 2.79. The first kappa shape index (κ1) is 8.97. The van der Waals surface area contributed by atoms with Gasteiger partial charge in [-0.25, -0.2) is 0 Å². The molecule has 0 bridgehead atoms. The Morgan fingerprint density at radius 3 is 3.23 bits per heavy atom. The van der Waals surface area contributed by atoms with Crippen molar-refractivity contribution in [3.05, 3.63) is 28.0 Å². The Hall–Kier alpha value is -0.600. The summed E-state index contributed by atoms with van der Waals surface area (Å²) in [5.74, 6) is 0. The zero-order valence-electron chi connectivity index (χ0n) is 7.92. The highest BCUT2D eigenvalue weighted by Crippen LogP contribution is 2.17. The second-order valence-electron chi connectivity index (χ2n) is 3.59. The molecule has 1 aromatic heterocycles. The Morgan fingerprint density at radius 2 is 2.62 bits per heavy atom. The van der Waals surface area contributed by atoms with Crippen LogP contribution in [0.5, 0.6) is 0 Å². The van der Waals surface area contributed by atoms with Crippen LogP contribution < -0.4 is 5.32 Å². The maximum atomic E-state index is 3.50. The van der Waals surface area contributed by atoms with Gasteiger partial charge in [-0.05, 0) is 48.7 Å². The van der Waals surface area contributed by atoms with Gasteiger partial charge in [0.25, 0.3) is 0 Å². The molecule has 1 aliphatic rings. The molecule has 1 atom stereocenters. The molecular weight excluding hydrogens is 178 g/mol. The minimum Gasteiger partial charge on any atom is -0.310 e. The molecule has 0 radical (unpaired) electrons. The average molecular weight is 193 g/mol. The maximum Gasteiger partial charge on any atom is 0.0280 e. The van der Waals surface area contributed by atoms with Gasteiger partial charge in [0, 0.05) is 6.04 Å². The number of thiophene rings is 1. The van der Waals surface area contributed by atoms with Crippen LogP contribution in [0.1, 0.15) is 25.3 Å². The summed E-state index contributed by atoms with van der Waals surface area (Å²) >= 11 is 1.76. The SMILES string of the molecule is C/C(=C/c1ccsc1)C1CCCN1. The quantitative estimate of drug-likeness (QED) is 0.761. The molecular formula is C11H15NS. The molecule has 2 rings (SSSR count). The van der Waals surface area contributed by atoms with Crippen LogP contribution in [0.25, 0.3) is 6.08 Å². The Balaban J connectivity index is 2.07. The zero-order chi connectivity index (χ0) is 9.10. The number of nitrogens with one attached hydrogen (secondary N) is 1. The van der Waals surface area contributed by atoms with Crippen molar-refractivity contribution in [2.24, 2.45) is 0 Å². The summed E-state index contributed by atoms with van der Waals surface area (Å²) in [5.41, 5.74) is 2.81. The van der Waals surface area contributed by atoms with E-state index in [1.807, 2.05) is 0 Å². The molecule has 1 saturated heterocycles. The van der Waals surface area contributed by atoms with Crippen molar-refractivity contribution in [2.75, 3.05) is 6.54 Å². The third-order valence-corrected chi connectivity index (χ3v) is 3.25. The standard InChI is InChI=1S/C11H15NS/c1-9(11-3-2-5-12-11)7-10-4-6-13-8-10/h4,6-8,11-12H,2-3,5H2,1H3/b9-7-. The van der Waals surface area contributed by atoms with Gasteiger partial charge in [0.2, 0.25) is 0 Å². The molecule has 1 fully saturated rings. The first-order valence-electron chi connectivity index (χ1n) is 4.80. The minimum atomic E-state index is 0.625. The van der Waals surface area contributed by atoms with Gasteiger partial charge >= 0.3 is 0 Å². The highest BCUT2D eigenvalue weighted by atomic mass is 32.1. The fraction of sp³-hybridized carbons (Fsp3) is 0.455. The summed E-state index contributed by atoms with van der Waals surface area (Å²) in [5, 5.41) is 7.82. The van der Waals surface area contributed by atoms with E-state index in [0.717, 1.165) is 0 Å². The maximum absolute atomic E-state index is 3.50. The molecule has 70 valence electrons. The first-order chi connectivity index (χ1) is 6.36. The fourth-order valence-corrected chi connectivity index (χ4v) is 2.41. The van der Waals surface area contributed by atoms with Gasteiger partial charge in [0.15, 0.2) is 0 Å². The molecule has 1 N–H and O–H groups in total. The Labute approximate surface area is 83.5 Å². The molecule has 1 aliphatic heterocycles. The van der Waals surface area contributed by atoms with E-state index >= 15 is 0 Å². The van der Waals surface area contributed by atoms with Crippen molar-refractivity contribution in [3.63, 3.8) is 0 Å². The van der Waals surface area contributed by atoms with E-state index in [0.29, 0.717) is 6.04 Å². The molecule has 2 heteroatoms. The van der Waals surface area contributed by atoms with Gasteiger partial charge in [-0.1, -0.05) is 11.6 Å². The van der Waals surface area contributed by atoms with Crippen LogP contribution in [0.4, 0.5) is 0 Å². The molecule has 0 spiro atoms. The molecule has 2 heterocycles. The lowest BCUT2D eigenvalue weighted by Crippen LogP contribution is -2.22. The van der Waals surface area contributed by atoms with E-state index in [1.165, 1.54) is 30.5 Å². The molecule has 13 heavy (non-hydrogen) atoms. The largest absolute Gasteiger partial charge is 0.310 e. The van der Waals surface area contributed by atoms with Crippen molar-refractivity contribution in [1.29, 1.82) is 0 Å². The summed E-state index contributed by atoms with van der Waals surface area (Å²) in [7, 11) is 0. The predicted molar refractivity (Wildman–Crippen MR) is 59.0 cm³/mol. The lowest BCUT2D eigenvalue weighted by molar-refractivity contribution is 0.693. The molecule has 0 amide bonds. The van der Waals surface area contributed by atoms with Crippen molar-refractivity contribution in [3.8, 4) is 0 Å². The van der Waals surface area contributed by atoms with Crippen molar-refractivity contribution in [1.82, 2.24) is 5.32 Å². The third-order valence-electron chi connectivity index (χ3n) is 2.55. The third kappa shape index (κ3) is 2.20. The van der Waals surface area contributed by atoms with Crippen LogP contribution in [0, 0.1) is 0 Å². The van der Waals surface area contributed by atoms with Crippen LogP contribution in [0.3, 0.4) is 0 Å². The number of hydrogen-bond acceptors (Lipinski definition) is 2. The fourth-order valence-electron chi connectivity index (χ4n) is 1.79. The first-order valence-corrected chi connectivity index (χ1v) is 5.74. The van der Waals surface area contributed by atoms with E-state index in [-0.39, 0.29) is 0 Å². The zero-order valence-corrected chi connectivity index (χ0v) is 8.73.